The molecule has 0 radical (unpaired) electrons. The molecular weight excluding hydrogens is 370 g/mol. The first-order valence-corrected chi connectivity index (χ1v) is 9.69. The number of rotatable bonds is 9. The minimum absolute atomic E-state index is 0.0638. The lowest BCUT2D eigenvalue weighted by atomic mass is 10.1. The minimum Gasteiger partial charge on any atom is -0.485 e. The van der Waals surface area contributed by atoms with Crippen molar-refractivity contribution in [3.8, 4) is 17.1 Å². The standard InChI is InChI=1S/C22H25N3O4/c1-5-6-7-19-24-22(25-29-19)16-8-10-17(11-9-16)28-12-18(27)21-13(2)20(15(4)26)14(3)23-21/h8-11,23H,5-7,12H2,1-4H3. The zero-order valence-electron chi connectivity index (χ0n) is 17.2. The first-order valence-electron chi connectivity index (χ1n) is 9.69. The molecule has 0 spiro atoms. The summed E-state index contributed by atoms with van der Waals surface area (Å²) in [5, 5.41) is 4.00. The second-order valence-corrected chi connectivity index (χ2v) is 7.03. The van der Waals surface area contributed by atoms with Crippen LogP contribution in [0.3, 0.4) is 0 Å². The molecule has 0 atom stereocenters. The van der Waals surface area contributed by atoms with Crippen molar-refractivity contribution in [1.82, 2.24) is 15.1 Å². The molecule has 7 heteroatoms. The molecule has 0 amide bonds. The SMILES string of the molecule is CCCCc1nc(-c2ccc(OCC(=O)c3[nH]c(C)c(C(C)=O)c3C)cc2)no1. The van der Waals surface area contributed by atoms with E-state index >= 15 is 0 Å². The molecule has 152 valence electrons. The molecule has 1 N–H and O–H groups in total. The Labute approximate surface area is 169 Å². The van der Waals surface area contributed by atoms with Crippen LogP contribution in [0.1, 0.15) is 64.7 Å². The second-order valence-electron chi connectivity index (χ2n) is 7.03. The van der Waals surface area contributed by atoms with Gasteiger partial charge in [-0.05, 0) is 57.0 Å². The summed E-state index contributed by atoms with van der Waals surface area (Å²) in [6, 6.07) is 7.18. The summed E-state index contributed by atoms with van der Waals surface area (Å²) in [5.74, 6) is 1.46. The molecule has 2 aromatic heterocycles. The topological polar surface area (TPSA) is 98.1 Å². The number of ether oxygens (including phenoxy) is 1. The number of aromatic amines is 1. The molecule has 0 aliphatic heterocycles. The monoisotopic (exact) mass is 395 g/mol. The number of H-pyrrole nitrogens is 1. The summed E-state index contributed by atoms with van der Waals surface area (Å²) in [4.78, 5) is 31.6. The quantitative estimate of drug-likeness (QED) is 0.536. The van der Waals surface area contributed by atoms with Gasteiger partial charge in [0.2, 0.25) is 17.5 Å². The normalized spacial score (nSPS) is 10.9. The lowest BCUT2D eigenvalue weighted by Crippen LogP contribution is -2.13. The largest absolute Gasteiger partial charge is 0.485 e. The van der Waals surface area contributed by atoms with Gasteiger partial charge in [0.05, 0.1) is 5.69 Å². The number of ketones is 2. The van der Waals surface area contributed by atoms with Crippen LogP contribution in [0.25, 0.3) is 11.4 Å². The Morgan fingerprint density at radius 2 is 1.90 bits per heavy atom. The van der Waals surface area contributed by atoms with Gasteiger partial charge in [-0.1, -0.05) is 18.5 Å². The number of carbonyl (C=O) groups excluding carboxylic acids is 2. The molecule has 3 aromatic rings. The van der Waals surface area contributed by atoms with E-state index in [1.54, 1.807) is 26.0 Å². The summed E-state index contributed by atoms with van der Waals surface area (Å²) >= 11 is 0. The average molecular weight is 395 g/mol. The van der Waals surface area contributed by atoms with E-state index in [2.05, 4.69) is 22.0 Å². The number of carbonyl (C=O) groups is 2. The van der Waals surface area contributed by atoms with E-state index in [-0.39, 0.29) is 18.2 Å². The first kappa shape index (κ1) is 20.5. The number of hydrogen-bond donors (Lipinski definition) is 1. The number of nitrogens with one attached hydrogen (secondary N) is 1. The maximum absolute atomic E-state index is 12.5. The molecule has 1 aromatic carbocycles. The molecule has 3 rings (SSSR count). The van der Waals surface area contributed by atoms with Crippen LogP contribution in [0, 0.1) is 13.8 Å². The van der Waals surface area contributed by atoms with Gasteiger partial charge in [0.1, 0.15) is 5.75 Å². The average Bonchev–Trinajstić information content (AvgIpc) is 3.29. The maximum Gasteiger partial charge on any atom is 0.226 e. The number of Topliss-reactive ketones (excluding diaryl/α,β-unsaturated/α-hetero) is 2. The Kier molecular flexibility index (Phi) is 6.26. The van der Waals surface area contributed by atoms with E-state index in [0.29, 0.717) is 40.0 Å². The number of unbranched alkanes of at least 4 members (excludes halogenated alkanes) is 1. The first-order chi connectivity index (χ1) is 13.9. The minimum atomic E-state index is -0.207. The fourth-order valence-electron chi connectivity index (χ4n) is 3.28. The van der Waals surface area contributed by atoms with Crippen LogP contribution in [-0.2, 0) is 6.42 Å². The van der Waals surface area contributed by atoms with E-state index in [1.807, 2.05) is 12.1 Å². The highest BCUT2D eigenvalue weighted by Crippen LogP contribution is 2.22. The van der Waals surface area contributed by atoms with E-state index in [4.69, 9.17) is 9.26 Å². The Bertz CT molecular complexity index is 1020. The van der Waals surface area contributed by atoms with E-state index in [0.717, 1.165) is 24.8 Å². The highest BCUT2D eigenvalue weighted by Gasteiger charge is 2.20. The molecule has 0 bridgehead atoms. The third-order valence-corrected chi connectivity index (χ3v) is 4.76. The van der Waals surface area contributed by atoms with Crippen LogP contribution in [0.15, 0.2) is 28.8 Å². The van der Waals surface area contributed by atoms with Gasteiger partial charge in [-0.2, -0.15) is 4.98 Å². The van der Waals surface area contributed by atoms with Crippen molar-refractivity contribution in [3.05, 3.63) is 52.7 Å². The van der Waals surface area contributed by atoms with Gasteiger partial charge in [-0.3, -0.25) is 9.59 Å². The number of aryl methyl sites for hydroxylation is 2. The third kappa shape index (κ3) is 4.62. The lowest BCUT2D eigenvalue weighted by Gasteiger charge is -2.06. The maximum atomic E-state index is 12.5. The van der Waals surface area contributed by atoms with Crippen molar-refractivity contribution in [2.24, 2.45) is 0 Å². The lowest BCUT2D eigenvalue weighted by molar-refractivity contribution is 0.0916. The van der Waals surface area contributed by atoms with Gasteiger partial charge >= 0.3 is 0 Å². The zero-order chi connectivity index (χ0) is 21.0. The molecule has 0 saturated heterocycles. The van der Waals surface area contributed by atoms with Crippen LogP contribution < -0.4 is 4.74 Å². The van der Waals surface area contributed by atoms with E-state index < -0.39 is 0 Å². The van der Waals surface area contributed by atoms with E-state index in [1.165, 1.54) is 6.92 Å². The van der Waals surface area contributed by atoms with Gasteiger partial charge in [0.15, 0.2) is 12.4 Å². The molecule has 0 saturated carbocycles. The van der Waals surface area contributed by atoms with Crippen LogP contribution in [0.2, 0.25) is 0 Å². The predicted molar refractivity (Wildman–Crippen MR) is 108 cm³/mol. The van der Waals surface area contributed by atoms with Gasteiger partial charge in [-0.15, -0.1) is 0 Å². The molecule has 29 heavy (non-hydrogen) atoms. The molecule has 7 nitrogen and oxygen atoms in total. The van der Waals surface area contributed by atoms with Crippen molar-refractivity contribution in [2.75, 3.05) is 6.61 Å². The van der Waals surface area contributed by atoms with Gasteiger partial charge in [0.25, 0.3) is 0 Å². The van der Waals surface area contributed by atoms with Crippen LogP contribution in [0.5, 0.6) is 5.75 Å². The Hall–Kier alpha value is -3.22. The van der Waals surface area contributed by atoms with Crippen LogP contribution in [0.4, 0.5) is 0 Å². The second kappa shape index (κ2) is 8.86. The predicted octanol–water partition coefficient (Wildman–Crippen LogP) is 4.49. The Balaban J connectivity index is 1.63. The molecule has 0 unspecified atom stereocenters. The van der Waals surface area contributed by atoms with Crippen molar-refractivity contribution >= 4 is 11.6 Å². The summed E-state index contributed by atoms with van der Waals surface area (Å²) in [5.41, 5.74) is 3.15. The summed E-state index contributed by atoms with van der Waals surface area (Å²) < 4.78 is 10.9. The van der Waals surface area contributed by atoms with Crippen LogP contribution in [-0.4, -0.2) is 33.3 Å². The Morgan fingerprint density at radius 3 is 2.52 bits per heavy atom. The van der Waals surface area contributed by atoms with Crippen molar-refractivity contribution in [2.45, 2.75) is 47.0 Å². The van der Waals surface area contributed by atoms with Gasteiger partial charge in [0, 0.05) is 23.2 Å². The summed E-state index contributed by atoms with van der Waals surface area (Å²) in [6.45, 7) is 7.03. The smallest absolute Gasteiger partial charge is 0.226 e. The van der Waals surface area contributed by atoms with Crippen molar-refractivity contribution < 1.29 is 18.8 Å². The number of benzene rings is 1. The highest BCUT2D eigenvalue weighted by atomic mass is 16.5. The molecule has 0 fully saturated rings. The number of hydrogen-bond acceptors (Lipinski definition) is 6. The zero-order valence-corrected chi connectivity index (χ0v) is 17.2. The fourth-order valence-corrected chi connectivity index (χ4v) is 3.28. The number of nitrogens with zero attached hydrogens (tertiary/aromatic N) is 2. The van der Waals surface area contributed by atoms with E-state index in [9.17, 15) is 9.59 Å². The fraction of sp³-hybridized carbons (Fsp3) is 0.364. The Morgan fingerprint density at radius 1 is 1.17 bits per heavy atom. The van der Waals surface area contributed by atoms with Gasteiger partial charge in [-0.25, -0.2) is 0 Å². The molecular formula is C22H25N3O4. The summed E-state index contributed by atoms with van der Waals surface area (Å²) in [7, 11) is 0. The van der Waals surface area contributed by atoms with Crippen molar-refractivity contribution in [3.63, 3.8) is 0 Å². The summed E-state index contributed by atoms with van der Waals surface area (Å²) in [6.07, 6.45) is 2.85. The van der Waals surface area contributed by atoms with Crippen molar-refractivity contribution in [1.29, 1.82) is 0 Å². The molecule has 2 heterocycles. The third-order valence-electron chi connectivity index (χ3n) is 4.76. The molecule has 0 aliphatic rings. The number of aromatic nitrogens is 3. The molecule has 0 aliphatic carbocycles. The highest BCUT2D eigenvalue weighted by molar-refractivity contribution is 6.03. The van der Waals surface area contributed by atoms with Gasteiger partial charge < -0.3 is 14.2 Å². The van der Waals surface area contributed by atoms with Crippen LogP contribution >= 0.6 is 0 Å².